The van der Waals surface area contributed by atoms with Gasteiger partial charge < -0.3 is 10.1 Å². The van der Waals surface area contributed by atoms with Gasteiger partial charge in [0, 0.05) is 0 Å². The Hall–Kier alpha value is -2.36. The molecule has 0 bridgehead atoms. The van der Waals surface area contributed by atoms with Gasteiger partial charge in [0.2, 0.25) is 0 Å². The highest BCUT2D eigenvalue weighted by Gasteiger charge is 2.10. The van der Waals surface area contributed by atoms with E-state index in [1.165, 1.54) is 12.1 Å². The number of aryl methyl sites for hydroxylation is 1. The van der Waals surface area contributed by atoms with E-state index in [9.17, 15) is 9.18 Å². The van der Waals surface area contributed by atoms with Crippen LogP contribution in [-0.4, -0.2) is 12.5 Å². The van der Waals surface area contributed by atoms with E-state index in [4.69, 9.17) is 4.74 Å². The van der Waals surface area contributed by atoms with Gasteiger partial charge in [-0.05, 0) is 43.2 Å². The van der Waals surface area contributed by atoms with Crippen molar-refractivity contribution in [3.05, 3.63) is 65.5 Å². The monoisotopic (exact) mass is 287 g/mol. The molecule has 0 aliphatic carbocycles. The zero-order valence-corrected chi connectivity index (χ0v) is 12.1. The van der Waals surface area contributed by atoms with Crippen molar-refractivity contribution in [3.63, 3.8) is 0 Å². The molecule has 0 saturated carbocycles. The third-order valence-corrected chi connectivity index (χ3v) is 3.20. The number of hydrogen-bond donors (Lipinski definition) is 1. The number of amides is 1. The predicted molar refractivity (Wildman–Crippen MR) is 79.6 cm³/mol. The van der Waals surface area contributed by atoms with Gasteiger partial charge in [-0.15, -0.1) is 0 Å². The zero-order valence-electron chi connectivity index (χ0n) is 12.1. The van der Waals surface area contributed by atoms with Crippen molar-refractivity contribution >= 4 is 5.91 Å². The van der Waals surface area contributed by atoms with Crippen molar-refractivity contribution < 1.29 is 13.9 Å². The fourth-order valence-electron chi connectivity index (χ4n) is 1.98. The van der Waals surface area contributed by atoms with E-state index in [1.54, 1.807) is 12.1 Å². The molecule has 4 heteroatoms. The molecule has 1 amide bonds. The molecule has 0 aliphatic heterocycles. The molecule has 1 N–H and O–H groups in total. The summed E-state index contributed by atoms with van der Waals surface area (Å²) in [6.45, 7) is 3.73. The van der Waals surface area contributed by atoms with E-state index in [1.807, 2.05) is 38.1 Å². The van der Waals surface area contributed by atoms with Crippen LogP contribution in [0.2, 0.25) is 0 Å². The van der Waals surface area contributed by atoms with Gasteiger partial charge in [0.25, 0.3) is 5.91 Å². The first-order valence-corrected chi connectivity index (χ1v) is 6.79. The van der Waals surface area contributed by atoms with Crippen LogP contribution in [0.1, 0.15) is 24.1 Å². The number of rotatable bonds is 5. The van der Waals surface area contributed by atoms with E-state index in [2.05, 4.69) is 5.32 Å². The van der Waals surface area contributed by atoms with Gasteiger partial charge in [-0.25, -0.2) is 4.39 Å². The molecule has 2 rings (SSSR count). The van der Waals surface area contributed by atoms with Crippen LogP contribution in [0.15, 0.2) is 48.5 Å². The molecule has 110 valence electrons. The molecular weight excluding hydrogens is 269 g/mol. The molecule has 0 spiro atoms. The molecule has 2 aromatic carbocycles. The molecule has 0 aliphatic rings. The van der Waals surface area contributed by atoms with Crippen molar-refractivity contribution in [3.8, 4) is 5.75 Å². The molecule has 3 nitrogen and oxygen atoms in total. The number of carbonyl (C=O) groups excluding carboxylic acids is 1. The molecule has 0 fully saturated rings. The minimum Gasteiger partial charge on any atom is -0.484 e. The first kappa shape index (κ1) is 15.0. The van der Waals surface area contributed by atoms with E-state index < -0.39 is 0 Å². The predicted octanol–water partition coefficient (Wildman–Crippen LogP) is 3.39. The van der Waals surface area contributed by atoms with Crippen molar-refractivity contribution in [2.75, 3.05) is 6.61 Å². The minimum atomic E-state index is -0.292. The van der Waals surface area contributed by atoms with Crippen molar-refractivity contribution in [1.82, 2.24) is 5.32 Å². The van der Waals surface area contributed by atoms with Gasteiger partial charge in [0.05, 0.1) is 6.04 Å². The van der Waals surface area contributed by atoms with Crippen LogP contribution in [-0.2, 0) is 4.79 Å². The average molecular weight is 287 g/mol. The Labute approximate surface area is 123 Å². The third kappa shape index (κ3) is 4.31. The summed E-state index contributed by atoms with van der Waals surface area (Å²) in [5, 5.41) is 2.82. The Kier molecular flexibility index (Phi) is 4.93. The highest BCUT2D eigenvalue weighted by Crippen LogP contribution is 2.16. The van der Waals surface area contributed by atoms with Gasteiger partial charge in [0.1, 0.15) is 11.6 Å². The second-order valence-electron chi connectivity index (χ2n) is 4.89. The Balaban J connectivity index is 1.87. The zero-order chi connectivity index (χ0) is 15.2. The lowest BCUT2D eigenvalue weighted by Gasteiger charge is -2.15. The number of carbonyl (C=O) groups is 1. The standard InChI is InChI=1S/C17H18FNO2/c1-12-5-3-4-6-16(12)21-11-17(20)19-13(2)14-7-9-15(18)10-8-14/h3-10,13H,11H2,1-2H3,(H,19,20)/t13-/m0/s1. The number of benzene rings is 2. The van der Waals surface area contributed by atoms with Crippen molar-refractivity contribution in [2.45, 2.75) is 19.9 Å². The SMILES string of the molecule is Cc1ccccc1OCC(=O)N[C@@H](C)c1ccc(F)cc1. The number of hydrogen-bond acceptors (Lipinski definition) is 2. The van der Waals surface area contributed by atoms with Crippen molar-refractivity contribution in [1.29, 1.82) is 0 Å². The Morgan fingerprint density at radius 3 is 2.52 bits per heavy atom. The Bertz CT molecular complexity index is 610. The largest absolute Gasteiger partial charge is 0.484 e. The van der Waals surface area contributed by atoms with Crippen LogP contribution in [0, 0.1) is 12.7 Å². The maximum absolute atomic E-state index is 12.9. The normalized spacial score (nSPS) is 11.8. The number of nitrogens with one attached hydrogen (secondary N) is 1. The molecular formula is C17H18FNO2. The van der Waals surface area contributed by atoms with Crippen LogP contribution < -0.4 is 10.1 Å². The highest BCUT2D eigenvalue weighted by atomic mass is 19.1. The van der Waals surface area contributed by atoms with Crippen LogP contribution in [0.5, 0.6) is 5.75 Å². The summed E-state index contributed by atoms with van der Waals surface area (Å²) in [6.07, 6.45) is 0. The lowest BCUT2D eigenvalue weighted by atomic mass is 10.1. The number of para-hydroxylation sites is 1. The summed E-state index contributed by atoms with van der Waals surface area (Å²) in [7, 11) is 0. The van der Waals surface area contributed by atoms with E-state index in [-0.39, 0.29) is 24.4 Å². The summed E-state index contributed by atoms with van der Waals surface area (Å²) in [5.41, 5.74) is 1.83. The van der Waals surface area contributed by atoms with Gasteiger partial charge in [0.15, 0.2) is 6.61 Å². The molecule has 0 aromatic heterocycles. The maximum Gasteiger partial charge on any atom is 0.258 e. The number of ether oxygens (including phenoxy) is 1. The van der Waals surface area contributed by atoms with E-state index in [0.717, 1.165) is 11.1 Å². The van der Waals surface area contributed by atoms with Crippen LogP contribution >= 0.6 is 0 Å². The molecule has 21 heavy (non-hydrogen) atoms. The van der Waals surface area contributed by atoms with Gasteiger partial charge in [-0.2, -0.15) is 0 Å². The number of halogens is 1. The maximum atomic E-state index is 12.9. The molecule has 1 atom stereocenters. The summed E-state index contributed by atoms with van der Waals surface area (Å²) < 4.78 is 18.3. The smallest absolute Gasteiger partial charge is 0.258 e. The van der Waals surface area contributed by atoms with Crippen LogP contribution in [0.3, 0.4) is 0 Å². The quantitative estimate of drug-likeness (QED) is 0.915. The third-order valence-electron chi connectivity index (χ3n) is 3.20. The topological polar surface area (TPSA) is 38.3 Å². The Morgan fingerprint density at radius 2 is 1.86 bits per heavy atom. The fraction of sp³-hybridized carbons (Fsp3) is 0.235. The second-order valence-corrected chi connectivity index (χ2v) is 4.89. The molecule has 0 radical (unpaired) electrons. The molecule has 0 unspecified atom stereocenters. The first-order chi connectivity index (χ1) is 10.1. The van der Waals surface area contributed by atoms with Crippen molar-refractivity contribution in [2.24, 2.45) is 0 Å². The molecule has 0 heterocycles. The van der Waals surface area contributed by atoms with Gasteiger partial charge in [-0.3, -0.25) is 4.79 Å². The second kappa shape index (κ2) is 6.88. The summed E-state index contributed by atoms with van der Waals surface area (Å²) >= 11 is 0. The van der Waals surface area contributed by atoms with Crippen LogP contribution in [0.25, 0.3) is 0 Å². The first-order valence-electron chi connectivity index (χ1n) is 6.79. The average Bonchev–Trinajstić information content (AvgIpc) is 2.47. The summed E-state index contributed by atoms with van der Waals surface area (Å²) in [6, 6.07) is 13.4. The van der Waals surface area contributed by atoms with E-state index in [0.29, 0.717) is 5.75 Å². The summed E-state index contributed by atoms with van der Waals surface area (Å²) in [4.78, 5) is 11.9. The molecule has 0 saturated heterocycles. The minimum absolute atomic E-state index is 0.0452. The summed E-state index contributed by atoms with van der Waals surface area (Å²) in [5.74, 6) is 0.192. The van der Waals surface area contributed by atoms with E-state index >= 15 is 0 Å². The fourth-order valence-corrected chi connectivity index (χ4v) is 1.98. The highest BCUT2D eigenvalue weighted by molar-refractivity contribution is 5.78. The molecule has 2 aromatic rings. The lowest BCUT2D eigenvalue weighted by Crippen LogP contribution is -2.31. The van der Waals surface area contributed by atoms with Crippen LogP contribution in [0.4, 0.5) is 4.39 Å². The lowest BCUT2D eigenvalue weighted by molar-refractivity contribution is -0.123. The Morgan fingerprint density at radius 1 is 1.19 bits per heavy atom. The van der Waals surface area contributed by atoms with Gasteiger partial charge in [-0.1, -0.05) is 30.3 Å². The van der Waals surface area contributed by atoms with Gasteiger partial charge >= 0.3 is 0 Å².